The highest BCUT2D eigenvalue weighted by molar-refractivity contribution is 6.30. The molecule has 22 heavy (non-hydrogen) atoms. The molecule has 0 aliphatic heterocycles. The molecule has 118 valence electrons. The quantitative estimate of drug-likeness (QED) is 0.857. The summed E-state index contributed by atoms with van der Waals surface area (Å²) in [6, 6.07) is 12.5. The number of hydrogen-bond acceptors (Lipinski definition) is 4. The first-order valence-electron chi connectivity index (χ1n) is 6.97. The van der Waals surface area contributed by atoms with Gasteiger partial charge in [-0.25, -0.2) is 0 Å². The Bertz CT molecular complexity index is 633. The van der Waals surface area contributed by atoms with Gasteiger partial charge in [0.25, 0.3) is 0 Å². The van der Waals surface area contributed by atoms with Crippen LogP contribution in [-0.4, -0.2) is 35.8 Å². The molecule has 4 nitrogen and oxygen atoms in total. The van der Waals surface area contributed by atoms with Crippen molar-refractivity contribution in [3.8, 4) is 11.5 Å². The van der Waals surface area contributed by atoms with Crippen LogP contribution >= 0.6 is 11.6 Å². The van der Waals surface area contributed by atoms with Gasteiger partial charge in [-0.1, -0.05) is 29.8 Å². The van der Waals surface area contributed by atoms with Crippen molar-refractivity contribution < 1.29 is 14.9 Å². The molecule has 1 unspecified atom stereocenters. The smallest absolute Gasteiger partial charge is 0.160 e. The maximum atomic E-state index is 10.3. The molecule has 5 heteroatoms. The molecule has 2 aromatic carbocycles. The van der Waals surface area contributed by atoms with Crippen molar-refractivity contribution >= 4 is 11.6 Å². The lowest BCUT2D eigenvalue weighted by molar-refractivity contribution is 0.124. The Morgan fingerprint density at radius 3 is 2.68 bits per heavy atom. The second kappa shape index (κ2) is 7.49. The molecule has 0 amide bonds. The molecular weight excluding hydrogens is 302 g/mol. The topological polar surface area (TPSA) is 52.9 Å². The van der Waals surface area contributed by atoms with Gasteiger partial charge in [0.2, 0.25) is 0 Å². The summed E-state index contributed by atoms with van der Waals surface area (Å²) in [6.07, 6.45) is -0.609. The van der Waals surface area contributed by atoms with E-state index in [0.717, 1.165) is 11.1 Å². The van der Waals surface area contributed by atoms with Gasteiger partial charge < -0.3 is 14.9 Å². The second-order valence-electron chi connectivity index (χ2n) is 5.27. The summed E-state index contributed by atoms with van der Waals surface area (Å²) >= 11 is 5.94. The number of phenols is 1. The summed E-state index contributed by atoms with van der Waals surface area (Å²) in [7, 11) is 3.44. The number of aromatic hydroxyl groups is 1. The highest BCUT2D eigenvalue weighted by Gasteiger charge is 2.12. The summed E-state index contributed by atoms with van der Waals surface area (Å²) < 4.78 is 5.10. The Morgan fingerprint density at radius 1 is 1.23 bits per heavy atom. The third-order valence-corrected chi connectivity index (χ3v) is 3.65. The van der Waals surface area contributed by atoms with E-state index in [1.165, 1.54) is 7.11 Å². The van der Waals surface area contributed by atoms with Gasteiger partial charge in [0.15, 0.2) is 11.5 Å². The molecule has 2 aromatic rings. The fraction of sp³-hybridized carbons (Fsp3) is 0.294. The maximum Gasteiger partial charge on any atom is 0.160 e. The Kier molecular flexibility index (Phi) is 5.66. The zero-order valence-electron chi connectivity index (χ0n) is 12.7. The normalized spacial score (nSPS) is 12.4. The first kappa shape index (κ1) is 16.6. The average Bonchev–Trinajstić information content (AvgIpc) is 2.49. The molecular formula is C17H20ClNO3. The number of rotatable bonds is 6. The summed E-state index contributed by atoms with van der Waals surface area (Å²) in [5.41, 5.74) is 1.79. The van der Waals surface area contributed by atoms with Crippen molar-refractivity contribution in [2.45, 2.75) is 12.6 Å². The molecule has 0 saturated carbocycles. The molecule has 0 spiro atoms. The predicted octanol–water partition coefficient (Wildman–Crippen LogP) is 3.22. The number of nitrogens with zero attached hydrogens (tertiary/aromatic N) is 1. The molecule has 0 aromatic heterocycles. The van der Waals surface area contributed by atoms with Gasteiger partial charge in [0.05, 0.1) is 13.2 Å². The van der Waals surface area contributed by atoms with E-state index in [1.54, 1.807) is 24.3 Å². The van der Waals surface area contributed by atoms with Crippen LogP contribution in [0.5, 0.6) is 11.5 Å². The fourth-order valence-electron chi connectivity index (χ4n) is 2.31. The number of methoxy groups -OCH3 is 1. The van der Waals surface area contributed by atoms with Crippen molar-refractivity contribution in [2.24, 2.45) is 0 Å². The van der Waals surface area contributed by atoms with E-state index in [2.05, 4.69) is 0 Å². The van der Waals surface area contributed by atoms with Crippen molar-refractivity contribution in [3.63, 3.8) is 0 Å². The molecule has 0 radical (unpaired) electrons. The Balaban J connectivity index is 1.99. The third kappa shape index (κ3) is 4.37. The Hall–Kier alpha value is -1.75. The minimum Gasteiger partial charge on any atom is -0.504 e. The van der Waals surface area contributed by atoms with E-state index in [9.17, 15) is 10.2 Å². The largest absolute Gasteiger partial charge is 0.504 e. The van der Waals surface area contributed by atoms with Gasteiger partial charge in [-0.15, -0.1) is 0 Å². The molecule has 0 fully saturated rings. The summed E-state index contributed by atoms with van der Waals surface area (Å²) in [6.45, 7) is 1.11. The van der Waals surface area contributed by atoms with Crippen LogP contribution in [0.1, 0.15) is 17.2 Å². The number of phenolic OH excluding ortho intramolecular Hbond substituents is 1. The standard InChI is InChI=1S/C17H20ClNO3/c1-19(10-12-6-7-15(20)17(8-12)22-2)11-16(21)13-4-3-5-14(18)9-13/h3-9,16,20-21H,10-11H2,1-2H3. The van der Waals surface area contributed by atoms with Crippen molar-refractivity contribution in [1.82, 2.24) is 4.90 Å². The van der Waals surface area contributed by atoms with Crippen LogP contribution in [0.25, 0.3) is 0 Å². The van der Waals surface area contributed by atoms with Crippen molar-refractivity contribution in [1.29, 1.82) is 0 Å². The van der Waals surface area contributed by atoms with Crippen LogP contribution in [0, 0.1) is 0 Å². The SMILES string of the molecule is COc1cc(CN(C)CC(O)c2cccc(Cl)c2)ccc1O. The number of likely N-dealkylation sites (N-methyl/N-ethyl adjacent to an activating group) is 1. The lowest BCUT2D eigenvalue weighted by Crippen LogP contribution is -2.24. The van der Waals surface area contributed by atoms with E-state index in [4.69, 9.17) is 16.3 Å². The highest BCUT2D eigenvalue weighted by atomic mass is 35.5. The lowest BCUT2D eigenvalue weighted by Gasteiger charge is -2.21. The monoisotopic (exact) mass is 321 g/mol. The van der Waals surface area contributed by atoms with Crippen LogP contribution < -0.4 is 4.74 Å². The van der Waals surface area contributed by atoms with Crippen LogP contribution in [-0.2, 0) is 6.54 Å². The molecule has 2 N–H and O–H groups in total. The molecule has 2 rings (SSSR count). The average molecular weight is 322 g/mol. The van der Waals surface area contributed by atoms with Gasteiger partial charge in [0.1, 0.15) is 0 Å². The van der Waals surface area contributed by atoms with E-state index in [0.29, 0.717) is 23.9 Å². The van der Waals surface area contributed by atoms with Crippen molar-refractivity contribution in [3.05, 3.63) is 58.6 Å². The highest BCUT2D eigenvalue weighted by Crippen LogP contribution is 2.27. The van der Waals surface area contributed by atoms with Crippen LogP contribution in [0.3, 0.4) is 0 Å². The Morgan fingerprint density at radius 2 is 2.00 bits per heavy atom. The van der Waals surface area contributed by atoms with E-state index in [1.807, 2.05) is 30.1 Å². The second-order valence-corrected chi connectivity index (χ2v) is 5.71. The fourth-order valence-corrected chi connectivity index (χ4v) is 2.51. The van der Waals surface area contributed by atoms with E-state index >= 15 is 0 Å². The van der Waals surface area contributed by atoms with E-state index < -0.39 is 6.10 Å². The zero-order chi connectivity index (χ0) is 16.1. The Labute approximate surface area is 135 Å². The molecule has 0 aliphatic carbocycles. The van der Waals surface area contributed by atoms with Crippen LogP contribution in [0.2, 0.25) is 5.02 Å². The molecule has 0 heterocycles. The van der Waals surface area contributed by atoms with Gasteiger partial charge in [-0.3, -0.25) is 4.90 Å². The van der Waals surface area contributed by atoms with Crippen LogP contribution in [0.15, 0.2) is 42.5 Å². The lowest BCUT2D eigenvalue weighted by atomic mass is 10.1. The number of aliphatic hydroxyl groups is 1. The zero-order valence-corrected chi connectivity index (χ0v) is 13.4. The number of hydrogen-bond donors (Lipinski definition) is 2. The minimum atomic E-state index is -0.609. The number of benzene rings is 2. The molecule has 0 saturated heterocycles. The van der Waals surface area contributed by atoms with Gasteiger partial charge in [-0.05, 0) is 42.4 Å². The van der Waals surface area contributed by atoms with Gasteiger partial charge >= 0.3 is 0 Å². The van der Waals surface area contributed by atoms with Crippen LogP contribution in [0.4, 0.5) is 0 Å². The van der Waals surface area contributed by atoms with Crippen molar-refractivity contribution in [2.75, 3.05) is 20.7 Å². The minimum absolute atomic E-state index is 0.118. The first-order chi connectivity index (χ1) is 10.5. The number of ether oxygens (including phenoxy) is 1. The summed E-state index contributed by atoms with van der Waals surface area (Å²) in [5.74, 6) is 0.564. The van der Waals surface area contributed by atoms with Gasteiger partial charge in [0, 0.05) is 18.1 Å². The van der Waals surface area contributed by atoms with E-state index in [-0.39, 0.29) is 5.75 Å². The predicted molar refractivity (Wildman–Crippen MR) is 87.4 cm³/mol. The molecule has 0 aliphatic rings. The number of halogens is 1. The number of aliphatic hydroxyl groups excluding tert-OH is 1. The third-order valence-electron chi connectivity index (χ3n) is 3.41. The first-order valence-corrected chi connectivity index (χ1v) is 7.35. The summed E-state index contributed by atoms with van der Waals surface area (Å²) in [4.78, 5) is 2.00. The maximum absolute atomic E-state index is 10.3. The summed E-state index contributed by atoms with van der Waals surface area (Å²) in [5, 5.41) is 20.5. The molecule has 0 bridgehead atoms. The molecule has 1 atom stereocenters. The van der Waals surface area contributed by atoms with Gasteiger partial charge in [-0.2, -0.15) is 0 Å².